The minimum Gasteiger partial charge on any atom is -0.490 e. The van der Waals surface area contributed by atoms with E-state index in [9.17, 15) is 13.2 Å². The van der Waals surface area contributed by atoms with Crippen LogP contribution < -0.4 is 4.74 Å². The van der Waals surface area contributed by atoms with Crippen LogP contribution in [0.15, 0.2) is 24.3 Å². The van der Waals surface area contributed by atoms with Gasteiger partial charge in [0.25, 0.3) is 6.43 Å². The van der Waals surface area contributed by atoms with Crippen molar-refractivity contribution in [3.05, 3.63) is 29.8 Å². The number of ether oxygens (including phenoxy) is 1. The maximum absolute atomic E-state index is 13.2. The summed E-state index contributed by atoms with van der Waals surface area (Å²) in [5.74, 6) is 0.243. The molecule has 0 aliphatic heterocycles. The normalized spacial score (nSPS) is 17.9. The van der Waals surface area contributed by atoms with Gasteiger partial charge < -0.3 is 4.74 Å². The zero-order chi connectivity index (χ0) is 10.8. The molecule has 0 spiro atoms. The Morgan fingerprint density at radius 1 is 1.13 bits per heavy atom. The first-order valence-electron chi connectivity index (χ1n) is 4.86. The van der Waals surface area contributed by atoms with Crippen LogP contribution in [0, 0.1) is 0 Å². The van der Waals surface area contributed by atoms with Crippen molar-refractivity contribution in [3.8, 4) is 5.75 Å². The quantitative estimate of drug-likeness (QED) is 0.748. The van der Waals surface area contributed by atoms with Gasteiger partial charge in [0.2, 0.25) is 0 Å². The second-order valence-electron chi connectivity index (χ2n) is 3.59. The molecule has 0 aromatic heterocycles. The van der Waals surface area contributed by atoms with Crippen molar-refractivity contribution in [3.63, 3.8) is 0 Å². The Morgan fingerprint density at radius 2 is 1.80 bits per heavy atom. The molecule has 1 aromatic rings. The van der Waals surface area contributed by atoms with Crippen LogP contribution >= 0.6 is 0 Å². The highest BCUT2D eigenvalue weighted by Crippen LogP contribution is 2.35. The predicted octanol–water partition coefficient (Wildman–Crippen LogP) is 3.50. The summed E-state index contributed by atoms with van der Waals surface area (Å²) in [6.45, 7) is 0. The largest absolute Gasteiger partial charge is 0.490 e. The average molecular weight is 216 g/mol. The molecule has 1 aliphatic rings. The number of alkyl halides is 3. The molecule has 2 rings (SSSR count). The van der Waals surface area contributed by atoms with E-state index in [1.807, 2.05) is 0 Å². The molecule has 1 fully saturated rings. The molecule has 1 saturated carbocycles. The van der Waals surface area contributed by atoms with E-state index in [1.165, 1.54) is 18.2 Å². The summed E-state index contributed by atoms with van der Waals surface area (Å²) in [5.41, 5.74) is -0.0561. The van der Waals surface area contributed by atoms with Gasteiger partial charge in [-0.05, 0) is 18.9 Å². The molecule has 15 heavy (non-hydrogen) atoms. The van der Waals surface area contributed by atoms with E-state index in [0.717, 1.165) is 12.8 Å². The number of benzene rings is 1. The first-order chi connectivity index (χ1) is 7.18. The summed E-state index contributed by atoms with van der Waals surface area (Å²) in [7, 11) is 0. The maximum atomic E-state index is 13.2. The van der Waals surface area contributed by atoms with Gasteiger partial charge >= 0.3 is 0 Å². The van der Waals surface area contributed by atoms with Gasteiger partial charge in [-0.1, -0.05) is 18.2 Å². The third-order valence-corrected chi connectivity index (χ3v) is 2.26. The SMILES string of the molecule is FC(F)[C@H](F)c1ccccc1OC1CC1. The van der Waals surface area contributed by atoms with Crippen LogP contribution in [-0.4, -0.2) is 12.5 Å². The Bertz CT molecular complexity index is 336. The summed E-state index contributed by atoms with van der Waals surface area (Å²) in [4.78, 5) is 0. The molecule has 0 radical (unpaired) electrons. The van der Waals surface area contributed by atoms with Crippen LogP contribution in [0.3, 0.4) is 0 Å². The van der Waals surface area contributed by atoms with Crippen LogP contribution in [-0.2, 0) is 0 Å². The van der Waals surface area contributed by atoms with E-state index in [1.54, 1.807) is 6.07 Å². The minimum atomic E-state index is -3.01. The fourth-order valence-electron chi connectivity index (χ4n) is 1.32. The van der Waals surface area contributed by atoms with Crippen LogP contribution in [0.1, 0.15) is 24.6 Å². The fourth-order valence-corrected chi connectivity index (χ4v) is 1.32. The smallest absolute Gasteiger partial charge is 0.273 e. The summed E-state index contributed by atoms with van der Waals surface area (Å²) in [6, 6.07) is 6.06. The molecule has 1 aromatic carbocycles. The number of hydrogen-bond acceptors (Lipinski definition) is 1. The summed E-state index contributed by atoms with van der Waals surface area (Å²) in [6.07, 6.45) is -3.36. The Hall–Kier alpha value is -1.19. The van der Waals surface area contributed by atoms with E-state index in [0.29, 0.717) is 0 Å². The zero-order valence-electron chi connectivity index (χ0n) is 8.00. The molecule has 4 heteroatoms. The predicted molar refractivity (Wildman–Crippen MR) is 49.9 cm³/mol. The van der Waals surface area contributed by atoms with E-state index in [2.05, 4.69) is 0 Å². The van der Waals surface area contributed by atoms with Crippen molar-refractivity contribution in [2.45, 2.75) is 31.5 Å². The molecule has 1 aliphatic carbocycles. The van der Waals surface area contributed by atoms with Gasteiger partial charge in [-0.25, -0.2) is 13.2 Å². The lowest BCUT2D eigenvalue weighted by Crippen LogP contribution is -2.07. The number of rotatable bonds is 4. The first-order valence-corrected chi connectivity index (χ1v) is 4.86. The second-order valence-corrected chi connectivity index (χ2v) is 3.59. The third kappa shape index (κ3) is 2.43. The molecule has 0 heterocycles. The molecule has 1 atom stereocenters. The number of halogens is 3. The van der Waals surface area contributed by atoms with E-state index in [-0.39, 0.29) is 17.4 Å². The summed E-state index contributed by atoms with van der Waals surface area (Å²) in [5, 5.41) is 0. The third-order valence-electron chi connectivity index (χ3n) is 2.26. The van der Waals surface area contributed by atoms with Gasteiger partial charge in [0, 0.05) is 5.56 Å². The molecule has 0 N–H and O–H groups in total. The molecular formula is C11H11F3O. The fraction of sp³-hybridized carbons (Fsp3) is 0.455. The zero-order valence-corrected chi connectivity index (χ0v) is 8.00. The van der Waals surface area contributed by atoms with E-state index in [4.69, 9.17) is 4.74 Å². The van der Waals surface area contributed by atoms with Crippen LogP contribution in [0.4, 0.5) is 13.2 Å². The molecule has 82 valence electrons. The first kappa shape index (κ1) is 10.3. The highest BCUT2D eigenvalue weighted by Gasteiger charge is 2.28. The standard InChI is InChI=1S/C11H11F3O/c12-10(11(13)14)8-3-1-2-4-9(8)15-7-5-6-7/h1-4,7,10-11H,5-6H2/t10-/m1/s1. The lowest BCUT2D eigenvalue weighted by atomic mass is 10.1. The summed E-state index contributed by atoms with van der Waals surface area (Å²) < 4.78 is 42.9. The lowest BCUT2D eigenvalue weighted by Gasteiger charge is -2.13. The van der Waals surface area contributed by atoms with Gasteiger partial charge in [0.05, 0.1) is 6.10 Å². The van der Waals surface area contributed by atoms with Crippen molar-refractivity contribution < 1.29 is 17.9 Å². The van der Waals surface area contributed by atoms with Gasteiger partial charge in [0.15, 0.2) is 6.17 Å². The Labute approximate surface area is 85.9 Å². The number of hydrogen-bond donors (Lipinski definition) is 0. The lowest BCUT2D eigenvalue weighted by molar-refractivity contribution is 0.0476. The van der Waals surface area contributed by atoms with Crippen LogP contribution in [0.2, 0.25) is 0 Å². The highest BCUT2D eigenvalue weighted by atomic mass is 19.3. The Kier molecular flexibility index (Phi) is 2.84. The molecule has 1 nitrogen and oxygen atoms in total. The molecule has 0 saturated heterocycles. The van der Waals surface area contributed by atoms with E-state index >= 15 is 0 Å². The van der Waals surface area contributed by atoms with Gasteiger partial charge in [-0.15, -0.1) is 0 Å². The number of para-hydroxylation sites is 1. The van der Waals surface area contributed by atoms with Crippen molar-refractivity contribution in [2.24, 2.45) is 0 Å². The van der Waals surface area contributed by atoms with Crippen molar-refractivity contribution in [2.75, 3.05) is 0 Å². The van der Waals surface area contributed by atoms with Gasteiger partial charge in [0.1, 0.15) is 5.75 Å². The van der Waals surface area contributed by atoms with Gasteiger partial charge in [-0.2, -0.15) is 0 Å². The van der Waals surface area contributed by atoms with E-state index < -0.39 is 12.6 Å². The van der Waals surface area contributed by atoms with Crippen molar-refractivity contribution in [1.82, 2.24) is 0 Å². The average Bonchev–Trinajstić information content (AvgIpc) is 3.01. The molecule has 0 bridgehead atoms. The summed E-state index contributed by atoms with van der Waals surface area (Å²) >= 11 is 0. The van der Waals surface area contributed by atoms with Crippen LogP contribution in [0.25, 0.3) is 0 Å². The van der Waals surface area contributed by atoms with Crippen LogP contribution in [0.5, 0.6) is 5.75 Å². The Balaban J connectivity index is 2.19. The maximum Gasteiger partial charge on any atom is 0.273 e. The van der Waals surface area contributed by atoms with Gasteiger partial charge in [-0.3, -0.25) is 0 Å². The topological polar surface area (TPSA) is 9.23 Å². The van der Waals surface area contributed by atoms with Crippen molar-refractivity contribution in [1.29, 1.82) is 0 Å². The second kappa shape index (κ2) is 4.13. The Morgan fingerprint density at radius 3 is 2.40 bits per heavy atom. The highest BCUT2D eigenvalue weighted by molar-refractivity contribution is 5.35. The molecular weight excluding hydrogens is 205 g/mol. The van der Waals surface area contributed by atoms with Crippen molar-refractivity contribution >= 4 is 0 Å². The minimum absolute atomic E-state index is 0.0561. The monoisotopic (exact) mass is 216 g/mol. The molecule has 0 unspecified atom stereocenters. The molecule has 0 amide bonds.